The predicted molar refractivity (Wildman–Crippen MR) is 55.1 cm³/mol. The van der Waals surface area contributed by atoms with Crippen molar-refractivity contribution < 1.29 is 4.79 Å². The summed E-state index contributed by atoms with van der Waals surface area (Å²) in [6, 6.07) is 0. The summed E-state index contributed by atoms with van der Waals surface area (Å²) in [6.45, 7) is 6.66. The van der Waals surface area contributed by atoms with Crippen LogP contribution < -0.4 is 10.9 Å². The van der Waals surface area contributed by atoms with Crippen molar-refractivity contribution in [2.75, 3.05) is 6.54 Å². The second kappa shape index (κ2) is 7.80. The van der Waals surface area contributed by atoms with Crippen molar-refractivity contribution in [3.63, 3.8) is 0 Å². The van der Waals surface area contributed by atoms with E-state index in [0.29, 0.717) is 0 Å². The maximum absolute atomic E-state index is 11.3. The van der Waals surface area contributed by atoms with Crippen molar-refractivity contribution in [1.82, 2.24) is 10.9 Å². The highest BCUT2D eigenvalue weighted by Crippen LogP contribution is 2.00. The molecular weight excluding hydrogens is 164 g/mol. The number of carbonyl (C=O) groups excluding carboxylic acids is 1. The topological polar surface area (TPSA) is 41.1 Å². The lowest BCUT2D eigenvalue weighted by atomic mass is 10.2. The van der Waals surface area contributed by atoms with Crippen molar-refractivity contribution in [2.45, 2.75) is 40.0 Å². The molecule has 0 rings (SSSR count). The predicted octanol–water partition coefficient (Wildman–Crippen LogP) is 1.76. The van der Waals surface area contributed by atoms with Gasteiger partial charge < -0.3 is 0 Å². The largest absolute Gasteiger partial charge is 0.288 e. The number of unbranched alkanes of at least 4 members (excludes halogenated alkanes) is 2. The van der Waals surface area contributed by atoms with Crippen molar-refractivity contribution in [1.29, 1.82) is 0 Å². The molecule has 0 atom stereocenters. The van der Waals surface area contributed by atoms with Gasteiger partial charge in [-0.05, 0) is 13.3 Å². The van der Waals surface area contributed by atoms with Crippen molar-refractivity contribution in [3.05, 3.63) is 11.6 Å². The Kier molecular flexibility index (Phi) is 7.30. The highest BCUT2D eigenvalue weighted by atomic mass is 16.2. The molecule has 0 fully saturated rings. The molecule has 0 spiro atoms. The number of nitrogens with one attached hydrogen (secondary N) is 2. The minimum atomic E-state index is -0.0297. The Morgan fingerprint density at radius 3 is 2.62 bits per heavy atom. The van der Waals surface area contributed by atoms with Gasteiger partial charge in [-0.25, -0.2) is 5.43 Å². The Morgan fingerprint density at radius 1 is 1.38 bits per heavy atom. The molecule has 0 aliphatic carbocycles. The number of allylic oxidation sites excluding steroid dienone is 1. The third-order valence-corrected chi connectivity index (χ3v) is 1.75. The molecule has 0 saturated heterocycles. The summed E-state index contributed by atoms with van der Waals surface area (Å²) >= 11 is 0. The average Bonchev–Trinajstić information content (AvgIpc) is 2.14. The van der Waals surface area contributed by atoms with Crippen LogP contribution in [0.5, 0.6) is 0 Å². The summed E-state index contributed by atoms with van der Waals surface area (Å²) in [5.74, 6) is -0.0297. The normalized spacial score (nSPS) is 11.5. The van der Waals surface area contributed by atoms with Crippen LogP contribution in [0.1, 0.15) is 40.0 Å². The number of rotatable bonds is 6. The number of hydrogen-bond donors (Lipinski definition) is 2. The van der Waals surface area contributed by atoms with Crippen LogP contribution in [-0.4, -0.2) is 12.5 Å². The van der Waals surface area contributed by atoms with Crippen LogP contribution in [-0.2, 0) is 4.79 Å². The SMILES string of the molecule is CCCCC=C(C)C(=O)NNCC. The van der Waals surface area contributed by atoms with E-state index in [1.54, 1.807) is 0 Å². The smallest absolute Gasteiger partial charge is 0.260 e. The molecule has 1 amide bonds. The molecule has 0 bridgehead atoms. The van der Waals surface area contributed by atoms with Gasteiger partial charge in [0.25, 0.3) is 5.91 Å². The Morgan fingerprint density at radius 2 is 2.08 bits per heavy atom. The fourth-order valence-corrected chi connectivity index (χ4v) is 0.883. The Bertz CT molecular complexity index is 176. The van der Waals surface area contributed by atoms with E-state index in [9.17, 15) is 4.79 Å². The zero-order chi connectivity index (χ0) is 10.1. The zero-order valence-corrected chi connectivity index (χ0v) is 8.81. The first kappa shape index (κ1) is 12.2. The summed E-state index contributed by atoms with van der Waals surface area (Å²) in [6.07, 6.45) is 5.28. The Hall–Kier alpha value is -0.830. The standard InChI is InChI=1S/C10H20N2O/c1-4-6-7-8-9(3)10(13)12-11-5-2/h8,11H,4-7H2,1-3H3,(H,12,13). The lowest BCUT2D eigenvalue weighted by Crippen LogP contribution is -2.37. The number of hydrazine groups is 1. The summed E-state index contributed by atoms with van der Waals surface area (Å²) in [5, 5.41) is 0. The molecule has 0 aliphatic rings. The van der Waals surface area contributed by atoms with Crippen LogP contribution in [0.4, 0.5) is 0 Å². The van der Waals surface area contributed by atoms with Crippen molar-refractivity contribution in [2.24, 2.45) is 0 Å². The maximum Gasteiger partial charge on any atom is 0.260 e. The molecule has 3 heteroatoms. The van der Waals surface area contributed by atoms with E-state index in [1.165, 1.54) is 6.42 Å². The van der Waals surface area contributed by atoms with Gasteiger partial charge in [0.15, 0.2) is 0 Å². The number of carbonyl (C=O) groups is 1. The summed E-state index contributed by atoms with van der Waals surface area (Å²) in [5.41, 5.74) is 6.17. The van der Waals surface area contributed by atoms with E-state index < -0.39 is 0 Å². The quantitative estimate of drug-likeness (QED) is 0.375. The first-order valence-corrected chi connectivity index (χ1v) is 4.92. The van der Waals surface area contributed by atoms with Gasteiger partial charge in [0.2, 0.25) is 0 Å². The minimum absolute atomic E-state index is 0.0297. The zero-order valence-electron chi connectivity index (χ0n) is 8.81. The average molecular weight is 184 g/mol. The van der Waals surface area contributed by atoms with Crippen molar-refractivity contribution >= 4 is 5.91 Å². The van der Waals surface area contributed by atoms with Gasteiger partial charge in [-0.3, -0.25) is 10.2 Å². The third kappa shape index (κ3) is 6.34. The molecule has 76 valence electrons. The van der Waals surface area contributed by atoms with Crippen LogP contribution in [0.25, 0.3) is 0 Å². The molecule has 0 aromatic carbocycles. The molecule has 0 unspecified atom stereocenters. The highest BCUT2D eigenvalue weighted by Gasteiger charge is 2.00. The van der Waals surface area contributed by atoms with E-state index in [4.69, 9.17) is 0 Å². The second-order valence-corrected chi connectivity index (χ2v) is 3.01. The molecule has 0 radical (unpaired) electrons. The van der Waals surface area contributed by atoms with Gasteiger partial charge in [-0.15, -0.1) is 0 Å². The molecule has 0 aromatic rings. The molecule has 0 aliphatic heterocycles. The van der Waals surface area contributed by atoms with E-state index >= 15 is 0 Å². The lowest BCUT2D eigenvalue weighted by molar-refractivity contribution is -0.118. The first-order chi connectivity index (χ1) is 6.22. The van der Waals surface area contributed by atoms with Gasteiger partial charge >= 0.3 is 0 Å². The second-order valence-electron chi connectivity index (χ2n) is 3.01. The Balaban J connectivity index is 3.72. The molecule has 13 heavy (non-hydrogen) atoms. The van der Waals surface area contributed by atoms with Gasteiger partial charge in [-0.2, -0.15) is 0 Å². The lowest BCUT2D eigenvalue weighted by Gasteiger charge is -2.04. The summed E-state index contributed by atoms with van der Waals surface area (Å²) in [7, 11) is 0. The van der Waals surface area contributed by atoms with Crippen LogP contribution in [0.2, 0.25) is 0 Å². The highest BCUT2D eigenvalue weighted by molar-refractivity contribution is 5.92. The third-order valence-electron chi connectivity index (χ3n) is 1.75. The van der Waals surface area contributed by atoms with E-state index in [2.05, 4.69) is 17.8 Å². The number of amides is 1. The molecular formula is C10H20N2O. The van der Waals surface area contributed by atoms with Crippen LogP contribution in [0.15, 0.2) is 11.6 Å². The fourth-order valence-electron chi connectivity index (χ4n) is 0.883. The molecule has 0 saturated carbocycles. The molecule has 3 nitrogen and oxygen atoms in total. The first-order valence-electron chi connectivity index (χ1n) is 4.92. The van der Waals surface area contributed by atoms with Gasteiger partial charge in [0.05, 0.1) is 0 Å². The summed E-state index contributed by atoms with van der Waals surface area (Å²) < 4.78 is 0. The maximum atomic E-state index is 11.3. The van der Waals surface area contributed by atoms with E-state index in [-0.39, 0.29) is 5.91 Å². The molecule has 0 aromatic heterocycles. The summed E-state index contributed by atoms with van der Waals surface area (Å²) in [4.78, 5) is 11.3. The van der Waals surface area contributed by atoms with E-state index in [0.717, 1.165) is 25.0 Å². The van der Waals surface area contributed by atoms with E-state index in [1.807, 2.05) is 19.9 Å². The monoisotopic (exact) mass is 184 g/mol. The fraction of sp³-hybridized carbons (Fsp3) is 0.700. The molecule has 2 N–H and O–H groups in total. The minimum Gasteiger partial charge on any atom is -0.288 e. The van der Waals surface area contributed by atoms with Crippen LogP contribution in [0, 0.1) is 0 Å². The van der Waals surface area contributed by atoms with Gasteiger partial charge in [0, 0.05) is 12.1 Å². The number of hydrogen-bond acceptors (Lipinski definition) is 2. The van der Waals surface area contributed by atoms with Crippen LogP contribution >= 0.6 is 0 Å². The van der Waals surface area contributed by atoms with Crippen molar-refractivity contribution in [3.8, 4) is 0 Å². The molecule has 0 heterocycles. The Labute approximate surface area is 80.6 Å². The van der Waals surface area contributed by atoms with Gasteiger partial charge in [0.1, 0.15) is 0 Å². The van der Waals surface area contributed by atoms with Crippen LogP contribution in [0.3, 0.4) is 0 Å². The van der Waals surface area contributed by atoms with Gasteiger partial charge in [-0.1, -0.05) is 32.8 Å².